The third-order valence-electron chi connectivity index (χ3n) is 4.46. The van der Waals surface area contributed by atoms with E-state index in [1.807, 2.05) is 6.92 Å². The fraction of sp³-hybridized carbons (Fsp3) is 0.889. The number of nitrogens with zero attached hydrogens (tertiary/aromatic N) is 1. The van der Waals surface area contributed by atoms with Crippen molar-refractivity contribution >= 4 is 11.8 Å². The summed E-state index contributed by atoms with van der Waals surface area (Å²) < 4.78 is 0. The molecule has 1 rings (SSSR count). The van der Waals surface area contributed by atoms with Gasteiger partial charge in [0.25, 0.3) is 0 Å². The van der Waals surface area contributed by atoms with E-state index in [0.29, 0.717) is 12.5 Å². The van der Waals surface area contributed by atoms with Crippen LogP contribution in [0.2, 0.25) is 0 Å². The third kappa shape index (κ3) is 9.18. The van der Waals surface area contributed by atoms with Gasteiger partial charge in [0.1, 0.15) is 0 Å². The number of likely N-dealkylation sites (tertiary alicyclic amines) is 1. The van der Waals surface area contributed by atoms with Gasteiger partial charge in [-0.25, -0.2) is 0 Å². The number of rotatable bonds is 12. The SMILES string of the molecule is CCNC(CC(C)C)N[C@@H](CC(=O)NCCN1CCCC1)C(=O)NC. The van der Waals surface area contributed by atoms with Gasteiger partial charge in [-0.05, 0) is 44.8 Å². The minimum absolute atomic E-state index is 0.0182. The van der Waals surface area contributed by atoms with Gasteiger partial charge in [0.15, 0.2) is 0 Å². The summed E-state index contributed by atoms with van der Waals surface area (Å²) in [6.07, 6.45) is 3.57. The van der Waals surface area contributed by atoms with Gasteiger partial charge in [-0.3, -0.25) is 14.9 Å². The van der Waals surface area contributed by atoms with Gasteiger partial charge in [0.2, 0.25) is 11.8 Å². The van der Waals surface area contributed by atoms with E-state index in [1.165, 1.54) is 12.8 Å². The van der Waals surface area contributed by atoms with Gasteiger partial charge in [0.05, 0.1) is 18.6 Å². The second kappa shape index (κ2) is 12.2. The van der Waals surface area contributed by atoms with E-state index in [1.54, 1.807) is 7.05 Å². The fourth-order valence-electron chi connectivity index (χ4n) is 3.19. The summed E-state index contributed by atoms with van der Waals surface area (Å²) in [6.45, 7) is 10.9. The maximum absolute atomic E-state index is 12.2. The standard InChI is InChI=1S/C18H37N5O2/c1-5-20-16(12-14(2)3)22-15(18(25)19-4)13-17(24)21-8-11-23-9-6-7-10-23/h14-16,20,22H,5-13H2,1-4H3,(H,19,25)(H,21,24)/t15-,16?/m0/s1. The molecule has 7 nitrogen and oxygen atoms in total. The van der Waals surface area contributed by atoms with Crippen molar-refractivity contribution in [2.75, 3.05) is 39.8 Å². The van der Waals surface area contributed by atoms with Crippen LogP contribution in [0.3, 0.4) is 0 Å². The maximum Gasteiger partial charge on any atom is 0.237 e. The van der Waals surface area contributed by atoms with Gasteiger partial charge in [0, 0.05) is 20.1 Å². The first kappa shape index (κ1) is 21.9. The molecule has 1 aliphatic rings. The van der Waals surface area contributed by atoms with Crippen LogP contribution < -0.4 is 21.3 Å². The Kier molecular flexibility index (Phi) is 10.7. The van der Waals surface area contributed by atoms with Crippen LogP contribution in [0.1, 0.15) is 46.5 Å². The van der Waals surface area contributed by atoms with E-state index in [9.17, 15) is 9.59 Å². The number of likely N-dealkylation sites (N-methyl/N-ethyl adjacent to an activating group) is 1. The molecule has 1 unspecified atom stereocenters. The van der Waals surface area contributed by atoms with Gasteiger partial charge < -0.3 is 20.9 Å². The first-order valence-electron chi connectivity index (χ1n) is 9.66. The van der Waals surface area contributed by atoms with Crippen molar-refractivity contribution in [3.05, 3.63) is 0 Å². The number of hydrogen-bond donors (Lipinski definition) is 4. The normalized spacial score (nSPS) is 17.5. The second-order valence-electron chi connectivity index (χ2n) is 7.18. The molecule has 0 aromatic carbocycles. The number of nitrogens with one attached hydrogen (secondary N) is 4. The van der Waals surface area contributed by atoms with E-state index in [-0.39, 0.29) is 24.4 Å². The summed E-state index contributed by atoms with van der Waals surface area (Å²) in [4.78, 5) is 26.8. The van der Waals surface area contributed by atoms with Crippen LogP contribution in [-0.4, -0.2) is 68.7 Å². The highest BCUT2D eigenvalue weighted by Gasteiger charge is 2.24. The Labute approximate surface area is 152 Å². The molecule has 0 aromatic rings. The number of hydrogen-bond acceptors (Lipinski definition) is 5. The lowest BCUT2D eigenvalue weighted by atomic mass is 10.1. The smallest absolute Gasteiger partial charge is 0.237 e. The highest BCUT2D eigenvalue weighted by atomic mass is 16.2. The molecule has 0 bridgehead atoms. The quantitative estimate of drug-likeness (QED) is 0.378. The van der Waals surface area contributed by atoms with E-state index in [4.69, 9.17) is 0 Å². The molecule has 1 aliphatic heterocycles. The van der Waals surface area contributed by atoms with Crippen LogP contribution in [0.4, 0.5) is 0 Å². The monoisotopic (exact) mass is 355 g/mol. The van der Waals surface area contributed by atoms with Crippen LogP contribution in [0, 0.1) is 5.92 Å². The molecule has 0 spiro atoms. The van der Waals surface area contributed by atoms with E-state index in [2.05, 4.69) is 40.0 Å². The molecule has 0 aliphatic carbocycles. The molecule has 4 N–H and O–H groups in total. The maximum atomic E-state index is 12.2. The highest BCUT2D eigenvalue weighted by Crippen LogP contribution is 2.06. The average molecular weight is 356 g/mol. The summed E-state index contributed by atoms with van der Waals surface area (Å²) in [5.41, 5.74) is 0. The molecule has 1 fully saturated rings. The molecule has 2 amide bonds. The predicted octanol–water partition coefficient (Wildman–Crippen LogP) is 0.274. The Bertz CT molecular complexity index is 397. The number of amides is 2. The van der Waals surface area contributed by atoms with Crippen LogP contribution in [0.15, 0.2) is 0 Å². The molecule has 1 saturated heterocycles. The average Bonchev–Trinajstić information content (AvgIpc) is 3.06. The van der Waals surface area contributed by atoms with E-state index >= 15 is 0 Å². The van der Waals surface area contributed by atoms with Crippen LogP contribution in [-0.2, 0) is 9.59 Å². The Morgan fingerprint density at radius 2 is 1.84 bits per heavy atom. The Hall–Kier alpha value is -1.18. The van der Waals surface area contributed by atoms with Gasteiger partial charge in [-0.15, -0.1) is 0 Å². The van der Waals surface area contributed by atoms with Crippen molar-refractivity contribution in [2.24, 2.45) is 5.92 Å². The Morgan fingerprint density at radius 3 is 2.40 bits per heavy atom. The lowest BCUT2D eigenvalue weighted by molar-refractivity contribution is -0.128. The number of carbonyl (C=O) groups excluding carboxylic acids is 2. The molecule has 1 heterocycles. The zero-order valence-electron chi connectivity index (χ0n) is 16.4. The zero-order valence-corrected chi connectivity index (χ0v) is 16.4. The van der Waals surface area contributed by atoms with Gasteiger partial charge in [-0.2, -0.15) is 0 Å². The van der Waals surface area contributed by atoms with Crippen LogP contribution >= 0.6 is 0 Å². The Morgan fingerprint density at radius 1 is 1.16 bits per heavy atom. The molecule has 0 radical (unpaired) electrons. The predicted molar refractivity (Wildman–Crippen MR) is 101 cm³/mol. The third-order valence-corrected chi connectivity index (χ3v) is 4.46. The van der Waals surface area contributed by atoms with Crippen molar-refractivity contribution < 1.29 is 9.59 Å². The van der Waals surface area contributed by atoms with E-state index < -0.39 is 6.04 Å². The highest BCUT2D eigenvalue weighted by molar-refractivity contribution is 5.88. The zero-order chi connectivity index (χ0) is 18.7. The van der Waals surface area contributed by atoms with E-state index in [0.717, 1.165) is 32.6 Å². The summed E-state index contributed by atoms with van der Waals surface area (Å²) in [5.74, 6) is 0.262. The van der Waals surface area contributed by atoms with Crippen molar-refractivity contribution in [2.45, 2.75) is 58.7 Å². The molecule has 7 heteroatoms. The Balaban J connectivity index is 2.46. The summed E-state index contributed by atoms with van der Waals surface area (Å²) >= 11 is 0. The van der Waals surface area contributed by atoms with Gasteiger partial charge in [-0.1, -0.05) is 20.8 Å². The molecule has 0 aromatic heterocycles. The topological polar surface area (TPSA) is 85.5 Å². The molecule has 146 valence electrons. The van der Waals surface area contributed by atoms with Crippen LogP contribution in [0.25, 0.3) is 0 Å². The molecule has 0 saturated carbocycles. The van der Waals surface area contributed by atoms with Crippen molar-refractivity contribution in [1.82, 2.24) is 26.2 Å². The molecule has 2 atom stereocenters. The largest absolute Gasteiger partial charge is 0.358 e. The lowest BCUT2D eigenvalue weighted by Gasteiger charge is -2.26. The molecule has 25 heavy (non-hydrogen) atoms. The molecular weight excluding hydrogens is 318 g/mol. The first-order valence-corrected chi connectivity index (χ1v) is 9.66. The minimum Gasteiger partial charge on any atom is -0.358 e. The summed E-state index contributed by atoms with van der Waals surface area (Å²) in [7, 11) is 1.60. The fourth-order valence-corrected chi connectivity index (χ4v) is 3.19. The summed E-state index contributed by atoms with van der Waals surface area (Å²) in [5, 5.41) is 12.3. The van der Waals surface area contributed by atoms with Gasteiger partial charge >= 0.3 is 0 Å². The first-order chi connectivity index (χ1) is 12.0. The minimum atomic E-state index is -0.528. The van der Waals surface area contributed by atoms with Crippen molar-refractivity contribution in [3.63, 3.8) is 0 Å². The second-order valence-corrected chi connectivity index (χ2v) is 7.18. The van der Waals surface area contributed by atoms with Crippen LogP contribution in [0.5, 0.6) is 0 Å². The molecular formula is C18H37N5O2. The van der Waals surface area contributed by atoms with Crippen molar-refractivity contribution in [3.8, 4) is 0 Å². The lowest BCUT2D eigenvalue weighted by Crippen LogP contribution is -2.54. The summed E-state index contributed by atoms with van der Waals surface area (Å²) in [6, 6.07) is -0.528. The van der Waals surface area contributed by atoms with Crippen molar-refractivity contribution in [1.29, 1.82) is 0 Å². The number of carbonyl (C=O) groups is 2.